The summed E-state index contributed by atoms with van der Waals surface area (Å²) in [5.74, 6) is -11.9. The van der Waals surface area contributed by atoms with E-state index in [0.29, 0.717) is 11.1 Å². The van der Waals surface area contributed by atoms with Crippen molar-refractivity contribution in [3.8, 4) is 0 Å². The van der Waals surface area contributed by atoms with Gasteiger partial charge in [-0.1, -0.05) is 83.9 Å². The highest BCUT2D eigenvalue weighted by molar-refractivity contribution is 7.91. The Morgan fingerprint density at radius 3 is 1.02 bits per heavy atom. The summed E-state index contributed by atoms with van der Waals surface area (Å²) in [4.78, 5) is 56.3. The van der Waals surface area contributed by atoms with E-state index in [1.54, 1.807) is 48.5 Å². The fourth-order valence-electron chi connectivity index (χ4n) is 8.17. The van der Waals surface area contributed by atoms with Crippen molar-refractivity contribution in [3.63, 3.8) is 0 Å². The topological polar surface area (TPSA) is 173 Å². The van der Waals surface area contributed by atoms with Gasteiger partial charge in [0.25, 0.3) is 0 Å². The fraction of sp³-hybridized carbons (Fsp3) is 0.421. The van der Waals surface area contributed by atoms with Crippen LogP contribution in [-0.2, 0) is 57.8 Å². The molecular formula is C38H42O12S2. The predicted octanol–water partition coefficient (Wildman–Crippen LogP) is 3.56. The Labute approximate surface area is 303 Å². The van der Waals surface area contributed by atoms with Crippen LogP contribution in [0.25, 0.3) is 0 Å². The van der Waals surface area contributed by atoms with E-state index in [1.807, 2.05) is 13.8 Å². The molecule has 2 unspecified atom stereocenters. The number of methoxy groups -OCH3 is 4. The van der Waals surface area contributed by atoms with Gasteiger partial charge in [0, 0.05) is 23.7 Å². The first-order valence-corrected chi connectivity index (χ1v) is 20.1. The molecule has 0 spiro atoms. The standard InChI is InChI=1S/C38H42O12S2/c1-23-10-14-25(15-11-23)29-19-51(43,44)21-31(37(29,33(39)47-3)34(40)48-4)27-8-7-9-28(18-27)32-22-52(45,46)20-30(26-16-12-24(2)13-17-26)38(32,35(41)49-5)36(42)50-6/h7-18,29-32H,19-22H2,1-6H3/t29-,30?,31+,32?/m0/s1. The zero-order chi connectivity index (χ0) is 38.2. The maximum Gasteiger partial charge on any atom is 0.324 e. The minimum Gasteiger partial charge on any atom is -0.468 e. The van der Waals surface area contributed by atoms with Gasteiger partial charge in [0.1, 0.15) is 0 Å². The van der Waals surface area contributed by atoms with Crippen molar-refractivity contribution in [2.45, 2.75) is 37.5 Å². The number of rotatable bonds is 8. The van der Waals surface area contributed by atoms with Crippen LogP contribution in [0.3, 0.4) is 0 Å². The normalized spacial score (nSPS) is 24.1. The molecule has 52 heavy (non-hydrogen) atoms. The molecule has 2 fully saturated rings. The van der Waals surface area contributed by atoms with Gasteiger partial charge >= 0.3 is 23.9 Å². The Morgan fingerprint density at radius 1 is 0.481 bits per heavy atom. The Morgan fingerprint density at radius 2 is 0.750 bits per heavy atom. The lowest BCUT2D eigenvalue weighted by atomic mass is 9.61. The lowest BCUT2D eigenvalue weighted by molar-refractivity contribution is -0.174. The second kappa shape index (κ2) is 14.5. The molecule has 0 saturated carbocycles. The zero-order valence-electron chi connectivity index (χ0n) is 29.8. The van der Waals surface area contributed by atoms with Crippen molar-refractivity contribution >= 4 is 43.6 Å². The quantitative estimate of drug-likeness (QED) is 0.186. The molecule has 3 aromatic carbocycles. The lowest BCUT2D eigenvalue weighted by Crippen LogP contribution is -2.57. The summed E-state index contributed by atoms with van der Waals surface area (Å²) >= 11 is 0. The SMILES string of the molecule is COC(=O)C1(C(=O)OC)C(c2ccc(C)cc2)CS(=O)(=O)CC1c1cccc([C@H]2CS(=O)(=O)C[C@@H](c3ccc(C)cc3)C2(C(=O)OC)C(=O)OC)c1. The molecule has 2 aliphatic rings. The van der Waals surface area contributed by atoms with Crippen molar-refractivity contribution in [1.29, 1.82) is 0 Å². The van der Waals surface area contributed by atoms with Gasteiger partial charge in [-0.2, -0.15) is 0 Å². The van der Waals surface area contributed by atoms with Gasteiger partial charge in [-0.25, -0.2) is 16.8 Å². The molecule has 0 aliphatic carbocycles. The molecule has 2 heterocycles. The first-order chi connectivity index (χ1) is 24.5. The molecule has 2 aliphatic heterocycles. The Balaban J connectivity index is 1.81. The Hall–Kier alpha value is -4.56. The van der Waals surface area contributed by atoms with Crippen molar-refractivity contribution in [3.05, 3.63) is 106 Å². The number of carbonyl (C=O) groups is 4. The average Bonchev–Trinajstić information content (AvgIpc) is 3.13. The van der Waals surface area contributed by atoms with Crippen molar-refractivity contribution < 1.29 is 55.0 Å². The van der Waals surface area contributed by atoms with Crippen molar-refractivity contribution in [2.75, 3.05) is 51.5 Å². The molecule has 278 valence electrons. The molecule has 2 saturated heterocycles. The number of benzene rings is 3. The first-order valence-electron chi connectivity index (χ1n) is 16.5. The second-order valence-electron chi connectivity index (χ2n) is 13.6. The van der Waals surface area contributed by atoms with Crippen LogP contribution in [0.15, 0.2) is 72.8 Å². The van der Waals surface area contributed by atoms with E-state index in [9.17, 15) is 36.0 Å². The summed E-state index contributed by atoms with van der Waals surface area (Å²) in [5.41, 5.74) is -1.64. The number of hydrogen-bond donors (Lipinski definition) is 0. The highest BCUT2D eigenvalue weighted by Gasteiger charge is 2.66. The van der Waals surface area contributed by atoms with Gasteiger partial charge in [0.15, 0.2) is 30.5 Å². The van der Waals surface area contributed by atoms with Crippen LogP contribution in [0.4, 0.5) is 0 Å². The third-order valence-corrected chi connectivity index (χ3v) is 14.0. The van der Waals surface area contributed by atoms with Crippen LogP contribution >= 0.6 is 0 Å². The highest BCUT2D eigenvalue weighted by atomic mass is 32.2. The lowest BCUT2D eigenvalue weighted by Gasteiger charge is -2.46. The summed E-state index contributed by atoms with van der Waals surface area (Å²) in [6, 6.07) is 19.5. The molecule has 4 atom stereocenters. The molecule has 5 rings (SSSR count). The summed E-state index contributed by atoms with van der Waals surface area (Å²) < 4.78 is 76.0. The number of hydrogen-bond acceptors (Lipinski definition) is 12. The highest BCUT2D eigenvalue weighted by Crippen LogP contribution is 2.56. The Kier molecular flexibility index (Phi) is 10.8. The number of aryl methyl sites for hydroxylation is 2. The number of ether oxygens (including phenoxy) is 4. The van der Waals surface area contributed by atoms with Gasteiger partial charge in [0.05, 0.1) is 51.5 Å². The first kappa shape index (κ1) is 38.7. The maximum atomic E-state index is 14.1. The van der Waals surface area contributed by atoms with Crippen LogP contribution in [0.1, 0.15) is 57.1 Å². The van der Waals surface area contributed by atoms with Gasteiger partial charge < -0.3 is 18.9 Å². The second-order valence-corrected chi connectivity index (χ2v) is 17.9. The maximum absolute atomic E-state index is 14.1. The molecule has 14 heteroatoms. The average molecular weight is 755 g/mol. The smallest absolute Gasteiger partial charge is 0.324 e. The third kappa shape index (κ3) is 6.51. The van der Waals surface area contributed by atoms with E-state index in [2.05, 4.69) is 0 Å². The molecule has 0 amide bonds. The third-order valence-electron chi connectivity index (χ3n) is 10.6. The van der Waals surface area contributed by atoms with Crippen molar-refractivity contribution in [1.82, 2.24) is 0 Å². The molecule has 0 aromatic heterocycles. The number of carbonyl (C=O) groups excluding carboxylic acids is 4. The van der Waals surface area contributed by atoms with Crippen LogP contribution in [0.5, 0.6) is 0 Å². The van der Waals surface area contributed by atoms with Crippen LogP contribution in [-0.4, -0.2) is 92.2 Å². The van der Waals surface area contributed by atoms with Crippen LogP contribution in [0, 0.1) is 24.7 Å². The van der Waals surface area contributed by atoms with E-state index in [-0.39, 0.29) is 11.1 Å². The summed E-state index contributed by atoms with van der Waals surface area (Å²) in [6.45, 7) is 3.67. The number of esters is 4. The fourth-order valence-corrected chi connectivity index (χ4v) is 12.3. The molecule has 12 nitrogen and oxygen atoms in total. The van der Waals surface area contributed by atoms with Crippen molar-refractivity contribution in [2.24, 2.45) is 10.8 Å². The minimum absolute atomic E-state index is 0.146. The summed E-state index contributed by atoms with van der Waals surface area (Å²) in [5, 5.41) is 0. The van der Waals surface area contributed by atoms with Crippen LogP contribution < -0.4 is 0 Å². The summed E-state index contributed by atoms with van der Waals surface area (Å²) in [6.07, 6.45) is 0. The van der Waals surface area contributed by atoms with E-state index in [0.717, 1.165) is 39.6 Å². The van der Waals surface area contributed by atoms with E-state index >= 15 is 0 Å². The largest absolute Gasteiger partial charge is 0.468 e. The van der Waals surface area contributed by atoms with E-state index in [4.69, 9.17) is 18.9 Å². The van der Waals surface area contributed by atoms with Gasteiger partial charge in [0.2, 0.25) is 0 Å². The number of sulfone groups is 2. The molecular weight excluding hydrogens is 713 g/mol. The molecule has 0 N–H and O–H groups in total. The minimum atomic E-state index is -3.96. The molecule has 0 bridgehead atoms. The summed E-state index contributed by atoms with van der Waals surface area (Å²) in [7, 11) is -3.56. The van der Waals surface area contributed by atoms with Crippen LogP contribution in [0.2, 0.25) is 0 Å². The van der Waals surface area contributed by atoms with Gasteiger partial charge in [-0.3, -0.25) is 19.2 Å². The zero-order valence-corrected chi connectivity index (χ0v) is 31.4. The Bertz CT molecular complexity index is 1910. The predicted molar refractivity (Wildman–Crippen MR) is 190 cm³/mol. The monoisotopic (exact) mass is 754 g/mol. The van der Waals surface area contributed by atoms with Gasteiger partial charge in [-0.05, 0) is 36.1 Å². The molecule has 0 radical (unpaired) electrons. The van der Waals surface area contributed by atoms with Gasteiger partial charge in [-0.15, -0.1) is 0 Å². The molecule has 3 aromatic rings. The van der Waals surface area contributed by atoms with E-state index < -0.39 is 101 Å². The van der Waals surface area contributed by atoms with E-state index in [1.165, 1.54) is 24.3 Å².